The van der Waals surface area contributed by atoms with E-state index in [9.17, 15) is 0 Å². The first kappa shape index (κ1) is 7.22. The van der Waals surface area contributed by atoms with Crippen molar-refractivity contribution >= 4 is 10.9 Å². The van der Waals surface area contributed by atoms with Gasteiger partial charge in [-0.25, -0.2) is 0 Å². The standard InChI is InChI=1S/C10H10NO/c1-2-12-9-4-3-8-5-6-11-10(8)7-9/h3-5,7,11H,2H2,1H3. The Balaban J connectivity index is 2.46. The molecule has 1 aromatic heterocycles. The Bertz CT molecular complexity index is 378. The maximum Gasteiger partial charge on any atom is 0.121 e. The highest BCUT2D eigenvalue weighted by Crippen LogP contribution is 2.18. The monoisotopic (exact) mass is 160 g/mol. The molecule has 0 atom stereocenters. The minimum atomic E-state index is 0.704. The van der Waals surface area contributed by atoms with E-state index in [1.165, 1.54) is 5.39 Å². The van der Waals surface area contributed by atoms with Crippen molar-refractivity contribution in [1.82, 2.24) is 4.98 Å². The van der Waals surface area contributed by atoms with Crippen LogP contribution in [0, 0.1) is 6.20 Å². The molecule has 0 unspecified atom stereocenters. The highest BCUT2D eigenvalue weighted by Gasteiger charge is 1.96. The number of ether oxygens (including phenoxy) is 1. The lowest BCUT2D eigenvalue weighted by molar-refractivity contribution is 0.340. The maximum atomic E-state index is 5.35. The molecule has 1 aromatic carbocycles. The molecular formula is C10H10NO. The number of nitrogens with one attached hydrogen (secondary N) is 1. The van der Waals surface area contributed by atoms with Crippen molar-refractivity contribution in [1.29, 1.82) is 0 Å². The Labute approximate surface area is 71.2 Å². The van der Waals surface area contributed by atoms with Crippen LogP contribution >= 0.6 is 0 Å². The normalized spacial score (nSPS) is 10.4. The highest BCUT2D eigenvalue weighted by atomic mass is 16.5. The minimum Gasteiger partial charge on any atom is -0.494 e. The molecule has 0 amide bonds. The number of hydrogen-bond acceptors (Lipinski definition) is 1. The van der Waals surface area contributed by atoms with Gasteiger partial charge in [0.25, 0.3) is 0 Å². The van der Waals surface area contributed by atoms with Crippen LogP contribution in [0.2, 0.25) is 0 Å². The fourth-order valence-corrected chi connectivity index (χ4v) is 1.22. The molecule has 2 heteroatoms. The first-order valence-corrected chi connectivity index (χ1v) is 4.02. The van der Waals surface area contributed by atoms with Crippen molar-refractivity contribution in [2.75, 3.05) is 6.61 Å². The summed E-state index contributed by atoms with van der Waals surface area (Å²) in [5, 5.41) is 1.17. The molecule has 0 bridgehead atoms. The molecule has 2 rings (SSSR count). The summed E-state index contributed by atoms with van der Waals surface area (Å²) in [6.07, 6.45) is 2.93. The molecule has 61 valence electrons. The number of H-pyrrole nitrogens is 1. The summed E-state index contributed by atoms with van der Waals surface area (Å²) < 4.78 is 5.35. The Morgan fingerprint density at radius 1 is 1.50 bits per heavy atom. The van der Waals surface area contributed by atoms with Crippen LogP contribution in [-0.2, 0) is 0 Å². The van der Waals surface area contributed by atoms with E-state index in [4.69, 9.17) is 4.74 Å². The molecule has 12 heavy (non-hydrogen) atoms. The van der Waals surface area contributed by atoms with Crippen molar-refractivity contribution in [3.05, 3.63) is 30.5 Å². The van der Waals surface area contributed by atoms with Crippen molar-refractivity contribution in [3.8, 4) is 5.75 Å². The Kier molecular flexibility index (Phi) is 1.74. The summed E-state index contributed by atoms with van der Waals surface area (Å²) >= 11 is 0. The van der Waals surface area contributed by atoms with Gasteiger partial charge in [-0.2, -0.15) is 0 Å². The summed E-state index contributed by atoms with van der Waals surface area (Å²) in [5.74, 6) is 0.904. The molecule has 0 aliphatic carbocycles. The summed E-state index contributed by atoms with van der Waals surface area (Å²) in [7, 11) is 0. The van der Waals surface area contributed by atoms with Gasteiger partial charge in [-0.05, 0) is 25.1 Å². The number of aromatic nitrogens is 1. The average Bonchev–Trinajstić information content (AvgIpc) is 2.51. The second kappa shape index (κ2) is 2.89. The predicted octanol–water partition coefficient (Wildman–Crippen LogP) is 2.37. The maximum absolute atomic E-state index is 5.35. The average molecular weight is 160 g/mol. The van der Waals surface area contributed by atoms with Gasteiger partial charge in [-0.15, -0.1) is 0 Å². The smallest absolute Gasteiger partial charge is 0.121 e. The van der Waals surface area contributed by atoms with Crippen LogP contribution in [0.5, 0.6) is 5.75 Å². The second-order valence-corrected chi connectivity index (χ2v) is 2.60. The first-order valence-electron chi connectivity index (χ1n) is 4.02. The Morgan fingerprint density at radius 2 is 2.42 bits per heavy atom. The molecule has 0 spiro atoms. The zero-order chi connectivity index (χ0) is 8.39. The van der Waals surface area contributed by atoms with Crippen molar-refractivity contribution in [2.45, 2.75) is 6.92 Å². The molecule has 0 saturated carbocycles. The number of aromatic amines is 1. The molecule has 0 saturated heterocycles. The van der Waals surface area contributed by atoms with Gasteiger partial charge in [0.15, 0.2) is 0 Å². The fraction of sp³-hybridized carbons (Fsp3) is 0.200. The Morgan fingerprint density at radius 3 is 3.25 bits per heavy atom. The summed E-state index contributed by atoms with van der Waals surface area (Å²) in [4.78, 5) is 3.01. The van der Waals surface area contributed by atoms with E-state index in [1.54, 1.807) is 0 Å². The lowest BCUT2D eigenvalue weighted by atomic mass is 10.2. The van der Waals surface area contributed by atoms with E-state index in [1.807, 2.05) is 31.2 Å². The third kappa shape index (κ3) is 1.16. The number of benzene rings is 1. The van der Waals surface area contributed by atoms with Gasteiger partial charge in [0.2, 0.25) is 0 Å². The summed E-state index contributed by atoms with van der Waals surface area (Å²) in [6.45, 7) is 2.68. The third-order valence-corrected chi connectivity index (χ3v) is 1.77. The first-order chi connectivity index (χ1) is 5.90. The van der Waals surface area contributed by atoms with Crippen LogP contribution in [0.15, 0.2) is 24.3 Å². The zero-order valence-electron chi connectivity index (χ0n) is 6.92. The number of fused-ring (bicyclic) bond motifs is 1. The lowest BCUT2D eigenvalue weighted by Crippen LogP contribution is -1.90. The zero-order valence-corrected chi connectivity index (χ0v) is 6.92. The largest absolute Gasteiger partial charge is 0.494 e. The quantitative estimate of drug-likeness (QED) is 0.716. The van der Waals surface area contributed by atoms with E-state index in [-0.39, 0.29) is 0 Å². The van der Waals surface area contributed by atoms with E-state index in [0.717, 1.165) is 11.3 Å². The minimum absolute atomic E-state index is 0.704. The van der Waals surface area contributed by atoms with Crippen molar-refractivity contribution in [3.63, 3.8) is 0 Å². The molecule has 2 aromatic rings. The van der Waals surface area contributed by atoms with Crippen molar-refractivity contribution < 1.29 is 4.74 Å². The highest BCUT2D eigenvalue weighted by molar-refractivity contribution is 5.80. The van der Waals surface area contributed by atoms with Gasteiger partial charge in [0.05, 0.1) is 12.8 Å². The lowest BCUT2D eigenvalue weighted by Gasteiger charge is -2.01. The van der Waals surface area contributed by atoms with Crippen LogP contribution < -0.4 is 4.74 Å². The summed E-state index contributed by atoms with van der Waals surface area (Å²) in [6, 6.07) is 7.89. The SMILES string of the molecule is CCOc1ccc2c[c][nH]c2c1. The Hall–Kier alpha value is -1.44. The second-order valence-electron chi connectivity index (χ2n) is 2.60. The van der Waals surface area contributed by atoms with Crippen LogP contribution in [-0.4, -0.2) is 11.6 Å². The molecule has 1 N–H and O–H groups in total. The van der Waals surface area contributed by atoms with Gasteiger partial charge in [0.1, 0.15) is 5.75 Å². The van der Waals surface area contributed by atoms with Crippen LogP contribution in [0.1, 0.15) is 6.92 Å². The predicted molar refractivity (Wildman–Crippen MR) is 48.3 cm³/mol. The van der Waals surface area contributed by atoms with Gasteiger partial charge in [0, 0.05) is 17.0 Å². The fourth-order valence-electron chi connectivity index (χ4n) is 1.22. The van der Waals surface area contributed by atoms with Crippen molar-refractivity contribution in [2.24, 2.45) is 0 Å². The van der Waals surface area contributed by atoms with E-state index in [0.29, 0.717) is 6.61 Å². The van der Waals surface area contributed by atoms with Crippen LogP contribution in [0.25, 0.3) is 10.9 Å². The molecule has 1 heterocycles. The molecule has 0 aliphatic rings. The molecule has 1 radical (unpaired) electrons. The summed E-state index contributed by atoms with van der Waals surface area (Å²) in [5.41, 5.74) is 1.07. The van der Waals surface area contributed by atoms with E-state index in [2.05, 4.69) is 11.2 Å². The third-order valence-electron chi connectivity index (χ3n) is 1.77. The topological polar surface area (TPSA) is 25.0 Å². The van der Waals surface area contributed by atoms with Crippen LogP contribution in [0.4, 0.5) is 0 Å². The van der Waals surface area contributed by atoms with Gasteiger partial charge >= 0.3 is 0 Å². The van der Waals surface area contributed by atoms with E-state index < -0.39 is 0 Å². The van der Waals surface area contributed by atoms with E-state index >= 15 is 0 Å². The van der Waals surface area contributed by atoms with Gasteiger partial charge in [-0.1, -0.05) is 0 Å². The van der Waals surface area contributed by atoms with Gasteiger partial charge in [-0.3, -0.25) is 0 Å². The molecular weight excluding hydrogens is 150 g/mol. The van der Waals surface area contributed by atoms with Gasteiger partial charge < -0.3 is 9.72 Å². The van der Waals surface area contributed by atoms with Crippen LogP contribution in [0.3, 0.4) is 0 Å². The number of hydrogen-bond donors (Lipinski definition) is 1. The molecule has 0 fully saturated rings. The molecule has 0 aliphatic heterocycles. The number of rotatable bonds is 2. The molecule has 2 nitrogen and oxygen atoms in total.